The molecule has 0 bridgehead atoms. The molecule has 0 spiro atoms. The van der Waals surface area contributed by atoms with Gasteiger partial charge in [-0.3, -0.25) is 0 Å². The second kappa shape index (κ2) is 5.77. The highest BCUT2D eigenvalue weighted by Gasteiger charge is 2.27. The zero-order valence-corrected chi connectivity index (χ0v) is 12.8. The third-order valence-corrected chi connectivity index (χ3v) is 5.35. The first-order chi connectivity index (χ1) is 9.65. The molecule has 0 amide bonds. The Hall–Kier alpha value is -1.02. The van der Waals surface area contributed by atoms with E-state index in [-0.39, 0.29) is 6.04 Å². The first kappa shape index (κ1) is 13.9. The molecule has 1 saturated carbocycles. The van der Waals surface area contributed by atoms with Gasteiger partial charge in [-0.25, -0.2) is 0 Å². The molecule has 110 valence electrons. The Morgan fingerprint density at radius 1 is 1.10 bits per heavy atom. The van der Waals surface area contributed by atoms with Gasteiger partial charge in [0.15, 0.2) is 0 Å². The summed E-state index contributed by atoms with van der Waals surface area (Å²) in [7, 11) is 0. The van der Waals surface area contributed by atoms with E-state index in [1.807, 2.05) is 0 Å². The molecule has 2 N–H and O–H groups in total. The Kier molecular flexibility index (Phi) is 4.02. The summed E-state index contributed by atoms with van der Waals surface area (Å²) in [6.45, 7) is 4.72. The van der Waals surface area contributed by atoms with Crippen molar-refractivity contribution in [3.63, 3.8) is 0 Å². The van der Waals surface area contributed by atoms with Gasteiger partial charge >= 0.3 is 0 Å². The summed E-state index contributed by atoms with van der Waals surface area (Å²) in [5.74, 6) is 2.72. The number of rotatable bonds is 2. The molecule has 4 atom stereocenters. The molecular weight excluding hydrogens is 246 g/mol. The third kappa shape index (κ3) is 2.71. The number of nitrogens with two attached hydrogens (primary N) is 1. The van der Waals surface area contributed by atoms with Crippen LogP contribution in [-0.2, 0) is 6.42 Å². The maximum atomic E-state index is 6.37. The van der Waals surface area contributed by atoms with E-state index in [4.69, 9.17) is 10.5 Å². The van der Waals surface area contributed by atoms with E-state index in [1.54, 1.807) is 0 Å². The highest BCUT2D eigenvalue weighted by molar-refractivity contribution is 5.43. The number of hydrogen-bond donors (Lipinski definition) is 1. The van der Waals surface area contributed by atoms with Crippen molar-refractivity contribution in [1.29, 1.82) is 0 Å². The summed E-state index contributed by atoms with van der Waals surface area (Å²) < 4.78 is 6.37. The minimum absolute atomic E-state index is 0.201. The lowest BCUT2D eigenvalue weighted by Gasteiger charge is -2.33. The summed E-state index contributed by atoms with van der Waals surface area (Å²) in [4.78, 5) is 0. The lowest BCUT2D eigenvalue weighted by atomic mass is 9.80. The topological polar surface area (TPSA) is 35.2 Å². The number of hydrogen-bond acceptors (Lipinski definition) is 2. The largest absolute Gasteiger partial charge is 0.490 e. The smallest absolute Gasteiger partial charge is 0.123 e. The average molecular weight is 273 g/mol. The number of ether oxygens (including phenoxy) is 1. The van der Waals surface area contributed by atoms with Gasteiger partial charge in [0.1, 0.15) is 5.75 Å². The lowest BCUT2D eigenvalue weighted by Crippen LogP contribution is -2.29. The minimum Gasteiger partial charge on any atom is -0.490 e. The van der Waals surface area contributed by atoms with Crippen molar-refractivity contribution in [2.45, 2.75) is 64.5 Å². The number of fused-ring (bicyclic) bond motifs is 1. The van der Waals surface area contributed by atoms with Gasteiger partial charge in [0, 0.05) is 6.04 Å². The van der Waals surface area contributed by atoms with Crippen molar-refractivity contribution in [3.8, 4) is 5.75 Å². The van der Waals surface area contributed by atoms with E-state index >= 15 is 0 Å². The van der Waals surface area contributed by atoms with E-state index < -0.39 is 0 Å². The maximum Gasteiger partial charge on any atom is 0.123 e. The highest BCUT2D eigenvalue weighted by Crippen LogP contribution is 2.37. The van der Waals surface area contributed by atoms with Crippen LogP contribution in [0.15, 0.2) is 18.2 Å². The standard InChI is InChI=1S/C18H27NO/c1-12-9-10-14(11-13(12)2)20-18-8-4-5-15-16(18)6-3-7-17(15)19/h4-5,8,12-14,17H,3,6-7,9-11,19H2,1-2H3. The molecule has 0 aromatic heterocycles. The molecule has 0 radical (unpaired) electrons. The third-order valence-electron chi connectivity index (χ3n) is 5.35. The Bertz CT molecular complexity index is 470. The van der Waals surface area contributed by atoms with Crippen molar-refractivity contribution < 1.29 is 4.74 Å². The molecule has 1 aromatic rings. The quantitative estimate of drug-likeness (QED) is 0.875. The average Bonchev–Trinajstić information content (AvgIpc) is 2.44. The Balaban J connectivity index is 1.76. The van der Waals surface area contributed by atoms with E-state index in [0.29, 0.717) is 6.10 Å². The van der Waals surface area contributed by atoms with Crippen molar-refractivity contribution >= 4 is 0 Å². The van der Waals surface area contributed by atoms with Crippen LogP contribution in [0, 0.1) is 11.8 Å². The fraction of sp³-hybridized carbons (Fsp3) is 0.667. The fourth-order valence-electron chi connectivity index (χ4n) is 3.75. The van der Waals surface area contributed by atoms with Crippen LogP contribution in [0.4, 0.5) is 0 Å². The van der Waals surface area contributed by atoms with Gasteiger partial charge in [-0.1, -0.05) is 26.0 Å². The lowest BCUT2D eigenvalue weighted by molar-refractivity contribution is 0.0993. The maximum absolute atomic E-state index is 6.37. The van der Waals surface area contributed by atoms with Crippen molar-refractivity contribution in [1.82, 2.24) is 0 Å². The molecule has 20 heavy (non-hydrogen) atoms. The zero-order valence-electron chi connectivity index (χ0n) is 12.8. The van der Waals surface area contributed by atoms with Crippen molar-refractivity contribution in [2.24, 2.45) is 17.6 Å². The van der Waals surface area contributed by atoms with E-state index in [0.717, 1.165) is 30.4 Å². The molecule has 0 aliphatic heterocycles. The molecule has 0 saturated heterocycles. The zero-order chi connectivity index (χ0) is 14.1. The van der Waals surface area contributed by atoms with E-state index in [2.05, 4.69) is 32.0 Å². The summed E-state index contributed by atoms with van der Waals surface area (Å²) in [5, 5.41) is 0. The van der Waals surface area contributed by atoms with E-state index in [9.17, 15) is 0 Å². The van der Waals surface area contributed by atoms with Gasteiger partial charge in [-0.05, 0) is 67.6 Å². The fourth-order valence-corrected chi connectivity index (χ4v) is 3.75. The van der Waals surface area contributed by atoms with Crippen molar-refractivity contribution in [2.75, 3.05) is 0 Å². The van der Waals surface area contributed by atoms with Crippen LogP contribution in [0.2, 0.25) is 0 Å². The normalized spacial score (nSPS) is 33.5. The van der Waals surface area contributed by atoms with Crippen LogP contribution in [0.1, 0.15) is 63.1 Å². The Morgan fingerprint density at radius 3 is 2.75 bits per heavy atom. The predicted molar refractivity (Wildman–Crippen MR) is 82.9 cm³/mol. The van der Waals surface area contributed by atoms with Crippen LogP contribution >= 0.6 is 0 Å². The summed E-state index contributed by atoms with van der Waals surface area (Å²) in [5.41, 5.74) is 8.92. The van der Waals surface area contributed by atoms with Crippen LogP contribution in [0.25, 0.3) is 0 Å². The van der Waals surface area contributed by atoms with Gasteiger partial charge in [-0.2, -0.15) is 0 Å². The molecule has 2 heteroatoms. The minimum atomic E-state index is 0.201. The summed E-state index contributed by atoms with van der Waals surface area (Å²) >= 11 is 0. The van der Waals surface area contributed by atoms with Gasteiger partial charge < -0.3 is 10.5 Å². The molecule has 1 fully saturated rings. The molecule has 2 aliphatic rings. The first-order valence-corrected chi connectivity index (χ1v) is 8.19. The summed E-state index contributed by atoms with van der Waals surface area (Å²) in [6, 6.07) is 6.62. The van der Waals surface area contributed by atoms with E-state index in [1.165, 1.54) is 36.8 Å². The molecule has 2 aliphatic carbocycles. The Morgan fingerprint density at radius 2 is 1.95 bits per heavy atom. The van der Waals surface area contributed by atoms with Crippen molar-refractivity contribution in [3.05, 3.63) is 29.3 Å². The molecular formula is C18H27NO. The monoisotopic (exact) mass is 273 g/mol. The van der Waals surface area contributed by atoms with Gasteiger partial charge in [0.25, 0.3) is 0 Å². The van der Waals surface area contributed by atoms with Crippen LogP contribution in [0.3, 0.4) is 0 Å². The molecule has 1 aromatic carbocycles. The van der Waals surface area contributed by atoms with Crippen LogP contribution < -0.4 is 10.5 Å². The molecule has 0 heterocycles. The van der Waals surface area contributed by atoms with Crippen LogP contribution in [-0.4, -0.2) is 6.10 Å². The summed E-state index contributed by atoms with van der Waals surface area (Å²) in [6.07, 6.45) is 7.49. The Labute approximate surface area is 122 Å². The second-order valence-corrected chi connectivity index (χ2v) is 6.83. The second-order valence-electron chi connectivity index (χ2n) is 6.83. The predicted octanol–water partition coefficient (Wildman–Crippen LogP) is 4.23. The highest BCUT2D eigenvalue weighted by atomic mass is 16.5. The van der Waals surface area contributed by atoms with Gasteiger partial charge in [0.05, 0.1) is 6.10 Å². The number of benzene rings is 1. The first-order valence-electron chi connectivity index (χ1n) is 8.19. The van der Waals surface area contributed by atoms with Gasteiger partial charge in [-0.15, -0.1) is 0 Å². The molecule has 3 rings (SSSR count). The molecule has 2 nitrogen and oxygen atoms in total. The molecule has 4 unspecified atom stereocenters. The SMILES string of the molecule is CC1CCC(Oc2cccc3c2CCCC3N)CC1C. The van der Waals surface area contributed by atoms with Gasteiger partial charge in [0.2, 0.25) is 0 Å². The van der Waals surface area contributed by atoms with Crippen LogP contribution in [0.5, 0.6) is 5.75 Å².